The summed E-state index contributed by atoms with van der Waals surface area (Å²) in [4.78, 5) is 12.8. The molecule has 0 bridgehead atoms. The molecule has 21 heavy (non-hydrogen) atoms. The quantitative estimate of drug-likeness (QED) is 0.863. The topological polar surface area (TPSA) is 54.5 Å². The molecule has 0 radical (unpaired) electrons. The van der Waals surface area contributed by atoms with E-state index in [0.29, 0.717) is 6.42 Å². The zero-order chi connectivity index (χ0) is 15.2. The van der Waals surface area contributed by atoms with Crippen LogP contribution in [0.3, 0.4) is 0 Å². The lowest BCUT2D eigenvalue weighted by atomic mass is 9.92. The fraction of sp³-hybridized carbons (Fsp3) is 0.562. The van der Waals surface area contributed by atoms with Gasteiger partial charge in [0.15, 0.2) is 0 Å². The zero-order valence-corrected chi connectivity index (χ0v) is 13.3. The third kappa shape index (κ3) is 2.18. The van der Waals surface area contributed by atoms with Gasteiger partial charge in [-0.3, -0.25) is 4.79 Å². The van der Waals surface area contributed by atoms with E-state index in [1.807, 2.05) is 13.8 Å². The van der Waals surface area contributed by atoms with Gasteiger partial charge in [-0.2, -0.15) is 0 Å². The maximum Gasteiger partial charge on any atom is 0.266 e. The lowest BCUT2D eigenvalue weighted by molar-refractivity contribution is -0.127. The number of nitrogens with zero attached hydrogens (tertiary/aromatic N) is 1. The van der Waals surface area contributed by atoms with Crippen LogP contribution in [0.25, 0.3) is 0 Å². The van der Waals surface area contributed by atoms with Crippen LogP contribution >= 0.6 is 0 Å². The molecule has 1 saturated carbocycles. The van der Waals surface area contributed by atoms with E-state index in [1.165, 1.54) is 4.31 Å². The summed E-state index contributed by atoms with van der Waals surface area (Å²) < 4.78 is 26.9. The van der Waals surface area contributed by atoms with Crippen LogP contribution in [0, 0.1) is 18.8 Å². The Hall–Kier alpha value is -1.36. The predicted octanol–water partition coefficient (Wildman–Crippen LogP) is 2.72. The minimum absolute atomic E-state index is 0.0878. The van der Waals surface area contributed by atoms with E-state index in [1.54, 1.807) is 24.3 Å². The van der Waals surface area contributed by atoms with E-state index in [0.717, 1.165) is 24.8 Å². The molecule has 3 rings (SSSR count). The van der Waals surface area contributed by atoms with E-state index in [-0.39, 0.29) is 28.7 Å². The molecule has 2 fully saturated rings. The van der Waals surface area contributed by atoms with Crippen molar-refractivity contribution >= 4 is 15.9 Å². The predicted molar refractivity (Wildman–Crippen MR) is 80.1 cm³/mol. The van der Waals surface area contributed by atoms with Crippen molar-refractivity contribution in [3.63, 3.8) is 0 Å². The lowest BCUT2D eigenvalue weighted by Gasteiger charge is -2.26. The van der Waals surface area contributed by atoms with Gasteiger partial charge in [0.2, 0.25) is 5.91 Å². The number of fused-ring (bicyclic) bond motifs is 1. The molecule has 5 heteroatoms. The van der Waals surface area contributed by atoms with Crippen molar-refractivity contribution in [2.45, 2.75) is 50.5 Å². The summed E-state index contributed by atoms with van der Waals surface area (Å²) in [5, 5.41) is 0. The van der Waals surface area contributed by atoms with Crippen LogP contribution in [0.2, 0.25) is 0 Å². The van der Waals surface area contributed by atoms with Crippen LogP contribution in [-0.4, -0.2) is 24.7 Å². The van der Waals surface area contributed by atoms with Crippen molar-refractivity contribution in [1.29, 1.82) is 0 Å². The van der Waals surface area contributed by atoms with E-state index < -0.39 is 10.0 Å². The first-order valence-electron chi connectivity index (χ1n) is 7.61. The van der Waals surface area contributed by atoms with E-state index in [2.05, 4.69) is 0 Å². The molecule has 1 aromatic carbocycles. The minimum Gasteiger partial charge on any atom is -0.273 e. The Labute approximate surface area is 126 Å². The van der Waals surface area contributed by atoms with E-state index in [9.17, 15) is 13.2 Å². The van der Waals surface area contributed by atoms with Crippen LogP contribution in [0.1, 0.15) is 38.2 Å². The molecular weight excluding hydrogens is 286 g/mol. The van der Waals surface area contributed by atoms with Crippen LogP contribution in [0.5, 0.6) is 0 Å². The Bertz CT molecular complexity index is 651. The van der Waals surface area contributed by atoms with Gasteiger partial charge in [-0.25, -0.2) is 12.7 Å². The molecule has 2 aliphatic rings. The highest BCUT2D eigenvalue weighted by atomic mass is 32.2. The lowest BCUT2D eigenvalue weighted by Crippen LogP contribution is -2.40. The van der Waals surface area contributed by atoms with Gasteiger partial charge in [0.25, 0.3) is 10.0 Å². The molecular formula is C16H21NO3S. The second kappa shape index (κ2) is 5.13. The van der Waals surface area contributed by atoms with Crippen LogP contribution < -0.4 is 0 Å². The first kappa shape index (κ1) is 14.6. The van der Waals surface area contributed by atoms with E-state index in [4.69, 9.17) is 0 Å². The highest BCUT2D eigenvalue weighted by Crippen LogP contribution is 2.46. The molecule has 1 amide bonds. The Morgan fingerprint density at radius 1 is 1.19 bits per heavy atom. The van der Waals surface area contributed by atoms with Gasteiger partial charge in [0.1, 0.15) is 0 Å². The molecule has 0 spiro atoms. The fourth-order valence-corrected chi connectivity index (χ4v) is 5.59. The van der Waals surface area contributed by atoms with Crippen molar-refractivity contribution in [2.75, 3.05) is 0 Å². The molecule has 3 atom stereocenters. The number of amides is 1. The normalized spacial score (nSPS) is 29.0. The Balaban J connectivity index is 2.01. The highest BCUT2D eigenvalue weighted by Gasteiger charge is 2.53. The van der Waals surface area contributed by atoms with Crippen LogP contribution in [0.4, 0.5) is 0 Å². The number of carbonyl (C=O) groups excluding carboxylic acids is 1. The Morgan fingerprint density at radius 2 is 1.86 bits per heavy atom. The molecule has 114 valence electrons. The fourth-order valence-electron chi connectivity index (χ4n) is 3.85. The first-order valence-corrected chi connectivity index (χ1v) is 9.05. The number of rotatable bonds is 3. The SMILES string of the molecule is CC[C@H]1[C@H]2CCC[C@H]2C(=O)N1S(=O)(=O)c1ccc(C)cc1. The highest BCUT2D eigenvalue weighted by molar-refractivity contribution is 7.89. The van der Waals surface area contributed by atoms with Gasteiger partial charge in [-0.15, -0.1) is 0 Å². The molecule has 0 unspecified atom stereocenters. The molecule has 1 heterocycles. The summed E-state index contributed by atoms with van der Waals surface area (Å²) in [7, 11) is -3.72. The van der Waals surface area contributed by atoms with E-state index >= 15 is 0 Å². The maximum absolute atomic E-state index is 12.9. The molecule has 0 aromatic heterocycles. The molecule has 1 aliphatic heterocycles. The zero-order valence-electron chi connectivity index (χ0n) is 12.5. The Morgan fingerprint density at radius 3 is 2.48 bits per heavy atom. The summed E-state index contributed by atoms with van der Waals surface area (Å²) in [6.07, 6.45) is 3.53. The average Bonchev–Trinajstić information content (AvgIpc) is 3.01. The van der Waals surface area contributed by atoms with Crippen molar-refractivity contribution in [3.8, 4) is 0 Å². The number of hydrogen-bond donors (Lipinski definition) is 0. The van der Waals surface area contributed by atoms with Gasteiger partial charge in [-0.1, -0.05) is 31.0 Å². The second-order valence-electron chi connectivity index (χ2n) is 6.13. The number of sulfonamides is 1. The average molecular weight is 307 g/mol. The van der Waals surface area contributed by atoms with Crippen molar-refractivity contribution in [1.82, 2.24) is 4.31 Å². The molecule has 4 nitrogen and oxygen atoms in total. The summed E-state index contributed by atoms with van der Waals surface area (Å²) in [5.74, 6) is -0.0668. The van der Waals surface area contributed by atoms with Crippen LogP contribution in [-0.2, 0) is 14.8 Å². The minimum atomic E-state index is -3.72. The molecule has 1 aromatic rings. The molecule has 0 N–H and O–H groups in total. The maximum atomic E-state index is 12.9. The second-order valence-corrected chi connectivity index (χ2v) is 7.94. The first-order chi connectivity index (χ1) is 9.96. The largest absolute Gasteiger partial charge is 0.273 e. The molecule has 1 saturated heterocycles. The summed E-state index contributed by atoms with van der Waals surface area (Å²) in [6, 6.07) is 6.57. The summed E-state index contributed by atoms with van der Waals surface area (Å²) in [5.41, 5.74) is 1.01. The number of hydrogen-bond acceptors (Lipinski definition) is 3. The summed E-state index contributed by atoms with van der Waals surface area (Å²) >= 11 is 0. The number of aryl methyl sites for hydroxylation is 1. The monoisotopic (exact) mass is 307 g/mol. The van der Waals surface area contributed by atoms with Gasteiger partial charge in [-0.05, 0) is 44.2 Å². The van der Waals surface area contributed by atoms with Crippen LogP contribution in [0.15, 0.2) is 29.2 Å². The number of benzene rings is 1. The van der Waals surface area contributed by atoms with Crippen molar-refractivity contribution in [3.05, 3.63) is 29.8 Å². The summed E-state index contributed by atoms with van der Waals surface area (Å²) in [6.45, 7) is 3.88. The van der Waals surface area contributed by atoms with Gasteiger partial charge in [0, 0.05) is 5.92 Å². The molecule has 1 aliphatic carbocycles. The van der Waals surface area contributed by atoms with Gasteiger partial charge in [0.05, 0.1) is 10.9 Å². The smallest absolute Gasteiger partial charge is 0.266 e. The third-order valence-corrected chi connectivity index (χ3v) is 6.73. The van der Waals surface area contributed by atoms with Gasteiger partial charge >= 0.3 is 0 Å². The number of carbonyl (C=O) groups is 1. The van der Waals surface area contributed by atoms with Crippen molar-refractivity contribution in [2.24, 2.45) is 11.8 Å². The standard InChI is InChI=1S/C16H21NO3S/c1-3-15-13-5-4-6-14(13)16(18)17(15)21(19,20)12-9-7-11(2)8-10-12/h7-10,13-15H,3-6H2,1-2H3/t13-,14+,15-/m0/s1. The Kier molecular flexibility index (Phi) is 3.56. The van der Waals surface area contributed by atoms with Gasteiger partial charge < -0.3 is 0 Å². The van der Waals surface area contributed by atoms with Crippen molar-refractivity contribution < 1.29 is 13.2 Å². The third-order valence-electron chi connectivity index (χ3n) is 4.90.